The van der Waals surface area contributed by atoms with E-state index in [-0.39, 0.29) is 25.0 Å². The van der Waals surface area contributed by atoms with Gasteiger partial charge < -0.3 is 24.5 Å². The van der Waals surface area contributed by atoms with Crippen LogP contribution in [-0.4, -0.2) is 76.2 Å². The van der Waals surface area contributed by atoms with Crippen LogP contribution >= 0.6 is 11.8 Å². The van der Waals surface area contributed by atoms with Crippen LogP contribution in [0.5, 0.6) is 0 Å². The van der Waals surface area contributed by atoms with Gasteiger partial charge in [-0.2, -0.15) is 0 Å². The van der Waals surface area contributed by atoms with Gasteiger partial charge in [0.1, 0.15) is 6.04 Å². The van der Waals surface area contributed by atoms with Crippen LogP contribution in [-0.2, 0) is 19.1 Å². The Labute approximate surface area is 263 Å². The lowest BCUT2D eigenvalue weighted by Crippen LogP contribution is -2.54. The van der Waals surface area contributed by atoms with Crippen LogP contribution in [0.2, 0.25) is 0 Å². The first kappa shape index (κ1) is 30.5. The Morgan fingerprint density at radius 2 is 1.70 bits per heavy atom. The van der Waals surface area contributed by atoms with Gasteiger partial charge in [-0.1, -0.05) is 54.6 Å². The summed E-state index contributed by atoms with van der Waals surface area (Å²) in [5.41, 5.74) is 2.55. The van der Waals surface area contributed by atoms with Gasteiger partial charge in [0.25, 0.3) is 5.91 Å². The molecular weight excluding hydrogens is 574 g/mol. The van der Waals surface area contributed by atoms with Crippen molar-refractivity contribution >= 4 is 40.9 Å². The number of esters is 1. The summed E-state index contributed by atoms with van der Waals surface area (Å²) in [5.74, 6) is -2.55. The fraction of sp³-hybridized carbons (Fsp3) is 0.457. The van der Waals surface area contributed by atoms with E-state index < -0.39 is 39.4 Å². The van der Waals surface area contributed by atoms with Crippen molar-refractivity contribution in [2.75, 3.05) is 42.6 Å². The second-order valence-corrected chi connectivity index (χ2v) is 13.9. The molecule has 1 N–H and O–H groups in total. The van der Waals surface area contributed by atoms with Crippen molar-refractivity contribution in [1.82, 2.24) is 4.90 Å². The summed E-state index contributed by atoms with van der Waals surface area (Å²) in [7, 11) is 0. The third-order valence-electron chi connectivity index (χ3n) is 9.67. The molecule has 44 heavy (non-hydrogen) atoms. The number of aliphatic hydroxyl groups excluding tert-OH is 1. The largest absolute Gasteiger partial charge is 0.465 e. The molecule has 0 radical (unpaired) electrons. The number of amides is 2. The molecule has 2 fully saturated rings. The van der Waals surface area contributed by atoms with Crippen molar-refractivity contribution in [2.45, 2.75) is 55.2 Å². The number of rotatable bonds is 7. The number of anilines is 2. The molecule has 6 rings (SSSR count). The molecule has 6 atom stereocenters. The fourth-order valence-corrected chi connectivity index (χ4v) is 9.74. The zero-order valence-corrected chi connectivity index (χ0v) is 26.4. The summed E-state index contributed by atoms with van der Waals surface area (Å²) in [4.78, 5) is 49.0. The number of likely N-dealkylation sites (tertiary alicyclic amines) is 1. The van der Waals surface area contributed by atoms with Gasteiger partial charge in [-0.15, -0.1) is 11.8 Å². The van der Waals surface area contributed by atoms with Gasteiger partial charge >= 0.3 is 5.97 Å². The van der Waals surface area contributed by atoms with Crippen molar-refractivity contribution in [3.8, 4) is 0 Å². The second kappa shape index (κ2) is 12.1. The van der Waals surface area contributed by atoms with Crippen molar-refractivity contribution < 1.29 is 24.2 Å². The minimum absolute atomic E-state index is 0.226. The molecule has 4 heterocycles. The van der Waals surface area contributed by atoms with E-state index in [0.29, 0.717) is 6.54 Å². The number of carbonyl (C=O) groups excluding carboxylic acids is 3. The molecule has 2 aromatic carbocycles. The highest BCUT2D eigenvalue weighted by molar-refractivity contribution is 8.02. The molecule has 4 aliphatic heterocycles. The fourth-order valence-electron chi connectivity index (χ4n) is 7.60. The van der Waals surface area contributed by atoms with E-state index >= 15 is 0 Å². The molecule has 0 aromatic heterocycles. The van der Waals surface area contributed by atoms with Crippen LogP contribution in [0.25, 0.3) is 0 Å². The van der Waals surface area contributed by atoms with E-state index in [1.807, 2.05) is 79.7 Å². The number of cyclic esters (lactones) is 1. The molecule has 0 bridgehead atoms. The van der Waals surface area contributed by atoms with Crippen LogP contribution in [0.3, 0.4) is 0 Å². The number of allylic oxidation sites excluding steroid dienone is 1. The highest BCUT2D eigenvalue weighted by Crippen LogP contribution is 2.66. The summed E-state index contributed by atoms with van der Waals surface area (Å²) < 4.78 is 3.96. The number of nitrogens with zero attached hydrogens (tertiary/aromatic N) is 3. The average molecular weight is 616 g/mol. The molecule has 8 nitrogen and oxygen atoms in total. The zero-order valence-electron chi connectivity index (χ0n) is 25.6. The monoisotopic (exact) mass is 615 g/mol. The second-order valence-electron chi connectivity index (χ2n) is 12.1. The Morgan fingerprint density at radius 3 is 2.39 bits per heavy atom. The molecule has 0 aliphatic carbocycles. The first-order valence-corrected chi connectivity index (χ1v) is 16.5. The summed E-state index contributed by atoms with van der Waals surface area (Å²) in [6, 6.07) is 15.6. The van der Waals surface area contributed by atoms with Gasteiger partial charge in [-0.3, -0.25) is 14.4 Å². The van der Waals surface area contributed by atoms with Gasteiger partial charge in [0.15, 0.2) is 0 Å². The number of aliphatic hydroxyl groups is 1. The summed E-state index contributed by atoms with van der Waals surface area (Å²) in [5, 5.41) is 10.8. The van der Waals surface area contributed by atoms with Gasteiger partial charge in [0, 0.05) is 35.8 Å². The molecule has 4 aliphatic rings. The number of benzene rings is 2. The molecule has 9 heteroatoms. The predicted molar refractivity (Wildman–Crippen MR) is 173 cm³/mol. The minimum atomic E-state index is -1.03. The lowest BCUT2D eigenvalue weighted by Gasteiger charge is -2.40. The first-order chi connectivity index (χ1) is 21.3. The Morgan fingerprint density at radius 1 is 0.977 bits per heavy atom. The van der Waals surface area contributed by atoms with Crippen LogP contribution in [0.4, 0.5) is 11.4 Å². The van der Waals surface area contributed by atoms with Crippen molar-refractivity contribution in [3.63, 3.8) is 0 Å². The maximum Gasteiger partial charge on any atom is 0.311 e. The Bertz CT molecular complexity index is 1460. The smallest absolute Gasteiger partial charge is 0.311 e. The molecule has 2 saturated heterocycles. The molecule has 1 unspecified atom stereocenters. The normalized spacial score (nSPS) is 31.2. The van der Waals surface area contributed by atoms with Crippen molar-refractivity contribution in [3.05, 3.63) is 84.5 Å². The number of hydrogen-bond donors (Lipinski definition) is 1. The third kappa shape index (κ3) is 4.85. The van der Waals surface area contributed by atoms with Crippen LogP contribution < -0.4 is 9.80 Å². The van der Waals surface area contributed by atoms with Gasteiger partial charge in [-0.05, 0) is 63.4 Å². The van der Waals surface area contributed by atoms with E-state index in [0.717, 1.165) is 42.9 Å². The van der Waals surface area contributed by atoms with E-state index in [1.165, 1.54) is 11.8 Å². The Hall–Kier alpha value is -3.56. The van der Waals surface area contributed by atoms with Gasteiger partial charge in [-0.25, -0.2) is 0 Å². The summed E-state index contributed by atoms with van der Waals surface area (Å²) in [6.07, 6.45) is 9.57. The Balaban J connectivity index is 1.49. The number of hydrogen-bond acceptors (Lipinski definition) is 7. The number of thioether (sulfide) groups is 1. The number of fused-ring (bicyclic) bond motifs is 2. The van der Waals surface area contributed by atoms with Crippen molar-refractivity contribution in [2.24, 2.45) is 11.8 Å². The molecular formula is C35H41N3O5S. The van der Waals surface area contributed by atoms with Crippen LogP contribution in [0.15, 0.2) is 78.9 Å². The topological polar surface area (TPSA) is 90.4 Å². The lowest BCUT2D eigenvalue weighted by molar-refractivity contribution is -0.154. The Kier molecular flexibility index (Phi) is 8.37. The van der Waals surface area contributed by atoms with Crippen LogP contribution in [0.1, 0.15) is 45.2 Å². The first-order valence-electron chi connectivity index (χ1n) is 15.7. The van der Waals surface area contributed by atoms with E-state index in [9.17, 15) is 19.5 Å². The predicted octanol–water partition coefficient (Wildman–Crippen LogP) is 4.75. The zero-order chi connectivity index (χ0) is 31.1. The van der Waals surface area contributed by atoms with Crippen molar-refractivity contribution in [1.29, 1.82) is 0 Å². The van der Waals surface area contributed by atoms with E-state index in [1.54, 1.807) is 9.80 Å². The quantitative estimate of drug-likeness (QED) is 0.355. The van der Waals surface area contributed by atoms with Crippen LogP contribution in [0, 0.1) is 11.8 Å². The molecule has 2 amide bonds. The van der Waals surface area contributed by atoms with Gasteiger partial charge in [0.05, 0.1) is 35.8 Å². The SMILES string of the molecule is CCN(CC)c1ccc(N2CC=C[C@]34S[C@]5(C)/C=C\CCCOC(=O)[C@@H]5[C@H]3C(=O)N([C@H](CO)c3ccccc3)C4C2=O)cc1. The van der Waals surface area contributed by atoms with Gasteiger partial charge in [0.2, 0.25) is 5.91 Å². The number of carbonyl (C=O) groups is 3. The van der Waals surface area contributed by atoms with E-state index in [2.05, 4.69) is 24.8 Å². The molecule has 2 aromatic rings. The third-order valence-corrected chi connectivity index (χ3v) is 11.5. The highest BCUT2D eigenvalue weighted by atomic mass is 32.2. The minimum Gasteiger partial charge on any atom is -0.465 e. The molecule has 232 valence electrons. The standard InChI is InChI=1S/C35H41N3O5S/c1-4-36(5-2)25-15-17-26(18-16-25)37-21-12-20-35-28(29-33(42)43-22-11-7-10-19-34(29,3)44-35)31(40)38(30(35)32(37)41)27(23-39)24-13-8-6-9-14-24/h6,8-10,12-20,27-30,39H,4-5,7,11,21-23H2,1-3H3/b19-10-/t27-,28+,29+,30?,34-,35+/m1/s1. The molecule has 1 spiro atoms. The number of ether oxygens (including phenoxy) is 1. The average Bonchev–Trinajstić information content (AvgIpc) is 3.38. The lowest BCUT2D eigenvalue weighted by atomic mass is 9.74. The maximum atomic E-state index is 14.9. The van der Waals surface area contributed by atoms with E-state index in [4.69, 9.17) is 4.74 Å². The summed E-state index contributed by atoms with van der Waals surface area (Å²) in [6.45, 7) is 8.22. The maximum absolute atomic E-state index is 14.9. The molecule has 0 saturated carbocycles. The highest BCUT2D eigenvalue weighted by Gasteiger charge is 2.74. The summed E-state index contributed by atoms with van der Waals surface area (Å²) >= 11 is 1.52.